The summed E-state index contributed by atoms with van der Waals surface area (Å²) < 4.78 is 0. The Morgan fingerprint density at radius 1 is 1.40 bits per heavy atom. The third kappa shape index (κ3) is 3.96. The molecular weight excluding hydrogens is 184 g/mol. The number of piperidine rings is 1. The number of nitrogens with one attached hydrogen (secondary N) is 1. The lowest BCUT2D eigenvalue weighted by Gasteiger charge is -2.40. The van der Waals surface area contributed by atoms with Gasteiger partial charge in [0.1, 0.15) is 0 Å². The van der Waals surface area contributed by atoms with Crippen molar-refractivity contribution in [1.82, 2.24) is 10.2 Å². The zero-order valence-corrected chi connectivity index (χ0v) is 10.6. The van der Waals surface area contributed by atoms with E-state index in [0.29, 0.717) is 11.5 Å². The molecular formula is C13H26N2. The van der Waals surface area contributed by atoms with E-state index in [0.717, 1.165) is 6.54 Å². The normalized spacial score (nSPS) is 20.9. The fraction of sp³-hybridized carbons (Fsp3) is 0.846. The molecule has 88 valence electrons. The molecule has 1 aliphatic rings. The van der Waals surface area contributed by atoms with Gasteiger partial charge >= 0.3 is 0 Å². The molecule has 1 fully saturated rings. The highest BCUT2D eigenvalue weighted by Gasteiger charge is 2.29. The van der Waals surface area contributed by atoms with E-state index in [4.69, 9.17) is 0 Å². The van der Waals surface area contributed by atoms with Crippen LogP contribution >= 0.6 is 0 Å². The third-order valence-electron chi connectivity index (χ3n) is 3.49. The van der Waals surface area contributed by atoms with Gasteiger partial charge in [-0.2, -0.15) is 0 Å². The summed E-state index contributed by atoms with van der Waals surface area (Å²) in [6.07, 6.45) is 4.62. The van der Waals surface area contributed by atoms with Crippen molar-refractivity contribution in [2.75, 3.05) is 26.2 Å². The Labute approximate surface area is 94.7 Å². The average molecular weight is 210 g/mol. The third-order valence-corrected chi connectivity index (χ3v) is 3.49. The van der Waals surface area contributed by atoms with E-state index in [2.05, 4.69) is 37.6 Å². The summed E-state index contributed by atoms with van der Waals surface area (Å²) in [5, 5.41) is 3.44. The molecule has 0 aliphatic carbocycles. The number of hydrogen-bond donors (Lipinski definition) is 1. The van der Waals surface area contributed by atoms with Gasteiger partial charge in [0, 0.05) is 19.1 Å². The lowest BCUT2D eigenvalue weighted by molar-refractivity contribution is 0.115. The van der Waals surface area contributed by atoms with Crippen LogP contribution in [-0.2, 0) is 0 Å². The van der Waals surface area contributed by atoms with Crippen molar-refractivity contribution in [3.05, 3.63) is 12.7 Å². The number of hydrogen-bond acceptors (Lipinski definition) is 2. The smallest absolute Gasteiger partial charge is 0.0163 e. The Balaban J connectivity index is 2.51. The summed E-state index contributed by atoms with van der Waals surface area (Å²) in [7, 11) is 0. The molecule has 0 radical (unpaired) electrons. The Morgan fingerprint density at radius 3 is 2.47 bits per heavy atom. The maximum Gasteiger partial charge on any atom is 0.0163 e. The summed E-state index contributed by atoms with van der Waals surface area (Å²) in [6, 6.07) is 0.620. The molecule has 1 heterocycles. The van der Waals surface area contributed by atoms with Gasteiger partial charge in [-0.15, -0.1) is 6.58 Å². The first kappa shape index (κ1) is 12.7. The molecule has 1 saturated heterocycles. The Hall–Kier alpha value is -0.340. The van der Waals surface area contributed by atoms with E-state index >= 15 is 0 Å². The number of rotatable bonds is 5. The van der Waals surface area contributed by atoms with Gasteiger partial charge in [0.2, 0.25) is 0 Å². The highest BCUT2D eigenvalue weighted by molar-refractivity contribution is 4.86. The molecule has 0 bridgehead atoms. The van der Waals surface area contributed by atoms with Crippen molar-refractivity contribution in [3.8, 4) is 0 Å². The van der Waals surface area contributed by atoms with Crippen LogP contribution in [0.5, 0.6) is 0 Å². The minimum Gasteiger partial charge on any atom is -0.317 e. The zero-order valence-electron chi connectivity index (χ0n) is 10.6. The second kappa shape index (κ2) is 5.66. The first-order chi connectivity index (χ1) is 7.07. The van der Waals surface area contributed by atoms with E-state index in [1.54, 1.807) is 0 Å². The molecule has 0 saturated carbocycles. The van der Waals surface area contributed by atoms with Crippen LogP contribution in [0.4, 0.5) is 0 Å². The first-order valence-corrected chi connectivity index (χ1v) is 6.13. The molecule has 0 spiro atoms. The van der Waals surface area contributed by atoms with Crippen LogP contribution in [0.15, 0.2) is 12.7 Å². The molecule has 2 heteroatoms. The van der Waals surface area contributed by atoms with Gasteiger partial charge < -0.3 is 5.32 Å². The van der Waals surface area contributed by atoms with Crippen LogP contribution in [-0.4, -0.2) is 37.1 Å². The Bertz CT molecular complexity index is 193. The molecule has 1 N–H and O–H groups in total. The van der Waals surface area contributed by atoms with Gasteiger partial charge in [-0.1, -0.05) is 13.0 Å². The second-order valence-corrected chi connectivity index (χ2v) is 5.37. The van der Waals surface area contributed by atoms with E-state index in [-0.39, 0.29) is 0 Å². The van der Waals surface area contributed by atoms with Crippen molar-refractivity contribution in [3.63, 3.8) is 0 Å². The lowest BCUT2D eigenvalue weighted by Crippen LogP contribution is -2.45. The molecule has 1 aliphatic heterocycles. The van der Waals surface area contributed by atoms with Crippen LogP contribution < -0.4 is 5.32 Å². The summed E-state index contributed by atoms with van der Waals surface area (Å²) >= 11 is 0. The highest BCUT2D eigenvalue weighted by Crippen LogP contribution is 2.29. The Kier molecular flexibility index (Phi) is 4.81. The standard InChI is InChI=1S/C13H26N2/c1-5-10-15(12(2)3)11-13(4)6-8-14-9-7-13/h5,12,14H,1,6-11H2,2-4H3. The molecule has 0 aromatic rings. The summed E-state index contributed by atoms with van der Waals surface area (Å²) in [4.78, 5) is 2.53. The minimum absolute atomic E-state index is 0.499. The zero-order chi connectivity index (χ0) is 11.3. The quantitative estimate of drug-likeness (QED) is 0.700. The van der Waals surface area contributed by atoms with Crippen molar-refractivity contribution < 1.29 is 0 Å². The molecule has 15 heavy (non-hydrogen) atoms. The van der Waals surface area contributed by atoms with Crippen LogP contribution in [0.25, 0.3) is 0 Å². The summed E-state index contributed by atoms with van der Waals surface area (Å²) in [6.45, 7) is 15.4. The summed E-state index contributed by atoms with van der Waals surface area (Å²) in [5.41, 5.74) is 0.499. The maximum absolute atomic E-state index is 3.84. The molecule has 0 unspecified atom stereocenters. The van der Waals surface area contributed by atoms with Gasteiger partial charge in [0.25, 0.3) is 0 Å². The molecule has 0 aromatic heterocycles. The van der Waals surface area contributed by atoms with Gasteiger partial charge in [0.05, 0.1) is 0 Å². The Morgan fingerprint density at radius 2 is 2.00 bits per heavy atom. The second-order valence-electron chi connectivity index (χ2n) is 5.37. The van der Waals surface area contributed by atoms with E-state index in [1.807, 2.05) is 6.08 Å². The molecule has 0 aromatic carbocycles. The van der Waals surface area contributed by atoms with Crippen molar-refractivity contribution >= 4 is 0 Å². The van der Waals surface area contributed by atoms with E-state index < -0.39 is 0 Å². The molecule has 2 nitrogen and oxygen atoms in total. The van der Waals surface area contributed by atoms with Gasteiger partial charge in [-0.25, -0.2) is 0 Å². The van der Waals surface area contributed by atoms with Crippen LogP contribution in [0.2, 0.25) is 0 Å². The molecule has 0 atom stereocenters. The first-order valence-electron chi connectivity index (χ1n) is 6.13. The average Bonchev–Trinajstić information content (AvgIpc) is 2.18. The highest BCUT2D eigenvalue weighted by atomic mass is 15.1. The van der Waals surface area contributed by atoms with Crippen molar-refractivity contribution in [1.29, 1.82) is 0 Å². The largest absolute Gasteiger partial charge is 0.317 e. The predicted octanol–water partition coefficient (Wildman–Crippen LogP) is 2.27. The van der Waals surface area contributed by atoms with Gasteiger partial charge in [-0.05, 0) is 45.2 Å². The van der Waals surface area contributed by atoms with Crippen molar-refractivity contribution in [2.45, 2.75) is 39.7 Å². The monoisotopic (exact) mass is 210 g/mol. The van der Waals surface area contributed by atoms with E-state index in [1.165, 1.54) is 32.5 Å². The van der Waals surface area contributed by atoms with Crippen molar-refractivity contribution in [2.24, 2.45) is 5.41 Å². The van der Waals surface area contributed by atoms with Crippen LogP contribution in [0, 0.1) is 5.41 Å². The number of nitrogens with zero attached hydrogens (tertiary/aromatic N) is 1. The molecule has 1 rings (SSSR count). The van der Waals surface area contributed by atoms with E-state index in [9.17, 15) is 0 Å². The topological polar surface area (TPSA) is 15.3 Å². The predicted molar refractivity (Wildman–Crippen MR) is 67.1 cm³/mol. The minimum atomic E-state index is 0.499. The maximum atomic E-state index is 3.84. The molecule has 0 amide bonds. The van der Waals surface area contributed by atoms with Crippen LogP contribution in [0.1, 0.15) is 33.6 Å². The van der Waals surface area contributed by atoms with Gasteiger partial charge in [0.15, 0.2) is 0 Å². The van der Waals surface area contributed by atoms with Crippen LogP contribution in [0.3, 0.4) is 0 Å². The fourth-order valence-corrected chi connectivity index (χ4v) is 2.30. The van der Waals surface area contributed by atoms with Gasteiger partial charge in [-0.3, -0.25) is 4.90 Å². The fourth-order valence-electron chi connectivity index (χ4n) is 2.30. The summed E-state index contributed by atoms with van der Waals surface area (Å²) in [5.74, 6) is 0. The lowest BCUT2D eigenvalue weighted by atomic mass is 9.80. The SMILES string of the molecule is C=CCN(CC1(C)CCNCC1)C(C)C.